The monoisotopic (exact) mass is 297 g/mol. The highest BCUT2D eigenvalue weighted by atomic mass is 16.2. The summed E-state index contributed by atoms with van der Waals surface area (Å²) in [5.41, 5.74) is 6.03. The van der Waals surface area contributed by atoms with Crippen LogP contribution in [0.15, 0.2) is 0 Å². The molecular formula is C17H35N3O. The van der Waals surface area contributed by atoms with Gasteiger partial charge in [0.2, 0.25) is 5.91 Å². The molecule has 1 saturated heterocycles. The zero-order chi connectivity index (χ0) is 16.3. The average molecular weight is 297 g/mol. The lowest BCUT2D eigenvalue weighted by atomic mass is 9.76. The van der Waals surface area contributed by atoms with E-state index < -0.39 is 0 Å². The van der Waals surface area contributed by atoms with Crippen molar-refractivity contribution in [1.29, 1.82) is 0 Å². The first kappa shape index (κ1) is 18.4. The number of rotatable bonds is 5. The Hall–Kier alpha value is -0.610. The molecule has 0 spiro atoms. The summed E-state index contributed by atoms with van der Waals surface area (Å²) in [6.45, 7) is 14.5. The fourth-order valence-electron chi connectivity index (χ4n) is 3.12. The number of hydrogen-bond donors (Lipinski definition) is 1. The minimum absolute atomic E-state index is 0.0780. The third kappa shape index (κ3) is 5.26. The predicted molar refractivity (Wildman–Crippen MR) is 89.1 cm³/mol. The van der Waals surface area contributed by atoms with Gasteiger partial charge >= 0.3 is 0 Å². The highest BCUT2D eigenvalue weighted by molar-refractivity contribution is 5.76. The van der Waals surface area contributed by atoms with Gasteiger partial charge in [0, 0.05) is 31.6 Å². The lowest BCUT2D eigenvalue weighted by Gasteiger charge is -2.45. The molecule has 1 atom stereocenters. The van der Waals surface area contributed by atoms with Crippen molar-refractivity contribution in [1.82, 2.24) is 9.80 Å². The molecular weight excluding hydrogens is 262 g/mol. The molecule has 1 fully saturated rings. The summed E-state index contributed by atoms with van der Waals surface area (Å²) >= 11 is 0. The Balaban J connectivity index is 2.53. The summed E-state index contributed by atoms with van der Waals surface area (Å²) in [4.78, 5) is 16.9. The summed E-state index contributed by atoms with van der Waals surface area (Å²) in [7, 11) is 2.14. The number of carbonyl (C=O) groups excluding carboxylic acids is 1. The van der Waals surface area contributed by atoms with E-state index in [1.165, 1.54) is 0 Å². The Kier molecular flexibility index (Phi) is 6.23. The Morgan fingerprint density at radius 1 is 1.24 bits per heavy atom. The Bertz CT molecular complexity index is 346. The van der Waals surface area contributed by atoms with Gasteiger partial charge in [0.25, 0.3) is 0 Å². The molecule has 0 radical (unpaired) electrons. The lowest BCUT2D eigenvalue weighted by molar-refractivity contribution is -0.136. The molecule has 2 N–H and O–H groups in total. The second-order valence-corrected chi connectivity index (χ2v) is 8.23. The van der Waals surface area contributed by atoms with Crippen LogP contribution in [-0.4, -0.2) is 54.5 Å². The van der Waals surface area contributed by atoms with E-state index in [0.29, 0.717) is 24.8 Å². The van der Waals surface area contributed by atoms with Gasteiger partial charge in [-0.1, -0.05) is 20.8 Å². The Labute approximate surface area is 131 Å². The van der Waals surface area contributed by atoms with Crippen molar-refractivity contribution >= 4 is 5.91 Å². The predicted octanol–water partition coefficient (Wildman–Crippen LogP) is 2.33. The maximum absolute atomic E-state index is 12.5. The van der Waals surface area contributed by atoms with Crippen LogP contribution in [0, 0.1) is 11.3 Å². The van der Waals surface area contributed by atoms with Crippen LogP contribution in [-0.2, 0) is 4.79 Å². The van der Waals surface area contributed by atoms with Gasteiger partial charge in [-0.05, 0) is 51.6 Å². The van der Waals surface area contributed by atoms with Gasteiger partial charge in [-0.3, -0.25) is 9.69 Å². The number of piperazine rings is 1. The van der Waals surface area contributed by atoms with E-state index in [0.717, 1.165) is 32.5 Å². The van der Waals surface area contributed by atoms with Crippen molar-refractivity contribution < 1.29 is 4.79 Å². The van der Waals surface area contributed by atoms with Crippen LogP contribution in [0.5, 0.6) is 0 Å². The van der Waals surface area contributed by atoms with Gasteiger partial charge in [0.15, 0.2) is 0 Å². The van der Waals surface area contributed by atoms with Crippen LogP contribution >= 0.6 is 0 Å². The topological polar surface area (TPSA) is 49.6 Å². The van der Waals surface area contributed by atoms with Crippen molar-refractivity contribution in [2.75, 3.05) is 33.2 Å². The highest BCUT2D eigenvalue weighted by Gasteiger charge is 2.33. The maximum atomic E-state index is 12.5. The minimum atomic E-state index is 0.0780. The van der Waals surface area contributed by atoms with Crippen LogP contribution in [0.1, 0.15) is 53.9 Å². The van der Waals surface area contributed by atoms with Gasteiger partial charge in [0.05, 0.1) is 0 Å². The Morgan fingerprint density at radius 2 is 1.86 bits per heavy atom. The third-order valence-corrected chi connectivity index (χ3v) is 5.12. The molecule has 1 heterocycles. The number of nitrogens with two attached hydrogens (primary N) is 1. The SMILES string of the molecule is CN1CCN(C(=O)CCC(CCN)C(C)(C)C)CC1(C)C. The van der Waals surface area contributed by atoms with E-state index in [9.17, 15) is 4.79 Å². The molecule has 1 unspecified atom stereocenters. The second-order valence-electron chi connectivity index (χ2n) is 8.23. The number of nitrogens with zero attached hydrogens (tertiary/aromatic N) is 2. The van der Waals surface area contributed by atoms with E-state index in [1.54, 1.807) is 0 Å². The first-order chi connectivity index (χ1) is 9.58. The molecule has 124 valence electrons. The molecule has 0 aromatic heterocycles. The molecule has 21 heavy (non-hydrogen) atoms. The fourth-order valence-corrected chi connectivity index (χ4v) is 3.12. The summed E-state index contributed by atoms with van der Waals surface area (Å²) in [5, 5.41) is 0. The smallest absolute Gasteiger partial charge is 0.222 e. The lowest BCUT2D eigenvalue weighted by Crippen LogP contribution is -2.58. The van der Waals surface area contributed by atoms with E-state index >= 15 is 0 Å². The van der Waals surface area contributed by atoms with Crippen molar-refractivity contribution in [2.24, 2.45) is 17.1 Å². The van der Waals surface area contributed by atoms with E-state index in [4.69, 9.17) is 5.73 Å². The van der Waals surface area contributed by atoms with Crippen LogP contribution in [0.3, 0.4) is 0 Å². The van der Waals surface area contributed by atoms with Crippen molar-refractivity contribution in [2.45, 2.75) is 59.4 Å². The molecule has 0 bridgehead atoms. The van der Waals surface area contributed by atoms with E-state index in [1.807, 2.05) is 4.90 Å². The maximum Gasteiger partial charge on any atom is 0.222 e. The van der Waals surface area contributed by atoms with Gasteiger partial charge in [-0.2, -0.15) is 0 Å². The second kappa shape index (κ2) is 7.10. The third-order valence-electron chi connectivity index (χ3n) is 5.12. The molecule has 1 amide bonds. The van der Waals surface area contributed by atoms with Crippen LogP contribution in [0.4, 0.5) is 0 Å². The standard InChI is InChI=1S/C17H35N3O/c1-16(2,3)14(9-10-18)7-8-15(21)20-12-11-19(6)17(4,5)13-20/h14H,7-13,18H2,1-6H3. The van der Waals surface area contributed by atoms with Gasteiger partial charge in [-0.15, -0.1) is 0 Å². The number of amides is 1. The first-order valence-electron chi connectivity index (χ1n) is 8.27. The van der Waals surface area contributed by atoms with Crippen LogP contribution < -0.4 is 5.73 Å². The molecule has 1 aliphatic heterocycles. The van der Waals surface area contributed by atoms with E-state index in [2.05, 4.69) is 46.6 Å². The molecule has 0 saturated carbocycles. The quantitative estimate of drug-likeness (QED) is 0.847. The number of likely N-dealkylation sites (N-methyl/N-ethyl adjacent to an activating group) is 1. The highest BCUT2D eigenvalue weighted by Crippen LogP contribution is 2.32. The van der Waals surface area contributed by atoms with Gasteiger partial charge < -0.3 is 10.6 Å². The Morgan fingerprint density at radius 3 is 2.33 bits per heavy atom. The van der Waals surface area contributed by atoms with Crippen LogP contribution in [0.2, 0.25) is 0 Å². The van der Waals surface area contributed by atoms with E-state index in [-0.39, 0.29) is 11.0 Å². The first-order valence-corrected chi connectivity index (χ1v) is 8.27. The number of carbonyl (C=O) groups is 1. The zero-order valence-corrected chi connectivity index (χ0v) is 14.9. The molecule has 1 rings (SSSR count). The summed E-state index contributed by atoms with van der Waals surface area (Å²) in [5.74, 6) is 0.828. The molecule has 4 heteroatoms. The van der Waals surface area contributed by atoms with Crippen LogP contribution in [0.25, 0.3) is 0 Å². The number of hydrogen-bond acceptors (Lipinski definition) is 3. The van der Waals surface area contributed by atoms with Crippen molar-refractivity contribution in [3.63, 3.8) is 0 Å². The van der Waals surface area contributed by atoms with Gasteiger partial charge in [0.1, 0.15) is 0 Å². The molecule has 0 aromatic carbocycles. The minimum Gasteiger partial charge on any atom is -0.340 e. The summed E-state index contributed by atoms with van der Waals surface area (Å²) in [6, 6.07) is 0. The molecule has 1 aliphatic rings. The molecule has 0 aliphatic carbocycles. The summed E-state index contributed by atoms with van der Waals surface area (Å²) in [6.07, 6.45) is 2.61. The fraction of sp³-hybridized carbons (Fsp3) is 0.941. The average Bonchev–Trinajstić information content (AvgIpc) is 2.35. The van der Waals surface area contributed by atoms with Gasteiger partial charge in [-0.25, -0.2) is 0 Å². The van der Waals surface area contributed by atoms with Crippen molar-refractivity contribution in [3.8, 4) is 0 Å². The molecule has 0 aromatic rings. The zero-order valence-electron chi connectivity index (χ0n) is 14.9. The molecule has 4 nitrogen and oxygen atoms in total. The largest absolute Gasteiger partial charge is 0.340 e. The summed E-state index contributed by atoms with van der Waals surface area (Å²) < 4.78 is 0. The van der Waals surface area contributed by atoms with Crippen molar-refractivity contribution in [3.05, 3.63) is 0 Å². The normalized spacial score (nSPS) is 21.4.